The first kappa shape index (κ1) is 21.1. The van der Waals surface area contributed by atoms with Crippen LogP contribution in [0.15, 0.2) is 66.1 Å². The average molecular weight is 454 g/mol. The maximum absolute atomic E-state index is 13.0. The molecule has 1 unspecified atom stereocenters. The van der Waals surface area contributed by atoms with Crippen molar-refractivity contribution in [1.82, 2.24) is 24.8 Å². The lowest BCUT2D eigenvalue weighted by molar-refractivity contribution is -0.140. The van der Waals surface area contributed by atoms with Crippen LogP contribution < -0.4 is 16.8 Å². The Hall–Kier alpha value is -3.73. The molecule has 1 aromatic carbocycles. The maximum Gasteiger partial charge on any atom is 0.434 e. The zero-order valence-electron chi connectivity index (χ0n) is 17.6. The summed E-state index contributed by atoms with van der Waals surface area (Å²) in [7, 11) is 1.53. The second-order valence-corrected chi connectivity index (χ2v) is 8.32. The molecule has 1 fully saturated rings. The van der Waals surface area contributed by atoms with Gasteiger partial charge in [-0.2, -0.15) is 13.2 Å². The Labute approximate surface area is 187 Å². The van der Waals surface area contributed by atoms with Crippen LogP contribution in [0.25, 0.3) is 11.4 Å². The highest BCUT2D eigenvalue weighted by Gasteiger charge is 2.61. The highest BCUT2D eigenvalue weighted by Crippen LogP contribution is 2.57. The molecule has 0 radical (unpaired) electrons. The molecule has 33 heavy (non-hydrogen) atoms. The SMILES string of the molecule is Cn1cc(C(F)(F)F)nc1-c1ccc(C2(C3(N)N=C(c4cncnc4)NC=C3N)CC2)cc1. The van der Waals surface area contributed by atoms with Crippen LogP contribution >= 0.6 is 0 Å². The standard InChI is InChI=1S/C22H21F3N8/c1-33-11-17(22(23,24)25)31-19(33)13-2-4-15(5-3-13)20(6-7-20)21(27)16(26)10-30-18(32-21)14-8-28-12-29-9-14/h2-5,8-12H,6-7,26-27H2,1H3,(H,30,32). The molecule has 1 aliphatic carbocycles. The number of amidine groups is 1. The molecular formula is C22H21F3N8. The zero-order chi connectivity index (χ0) is 23.4. The molecule has 1 atom stereocenters. The van der Waals surface area contributed by atoms with Crippen LogP contribution in [0, 0.1) is 0 Å². The predicted molar refractivity (Wildman–Crippen MR) is 115 cm³/mol. The van der Waals surface area contributed by atoms with Crippen molar-refractivity contribution in [3.63, 3.8) is 0 Å². The molecule has 2 aromatic heterocycles. The Morgan fingerprint density at radius 3 is 2.30 bits per heavy atom. The molecule has 8 nitrogen and oxygen atoms in total. The monoisotopic (exact) mass is 454 g/mol. The first-order valence-corrected chi connectivity index (χ1v) is 10.2. The van der Waals surface area contributed by atoms with E-state index in [1.54, 1.807) is 30.7 Å². The van der Waals surface area contributed by atoms with Gasteiger partial charge in [0.2, 0.25) is 0 Å². The number of aliphatic imine (C=N–C) groups is 1. The van der Waals surface area contributed by atoms with Gasteiger partial charge in [-0.3, -0.25) is 0 Å². The predicted octanol–water partition coefficient (Wildman–Crippen LogP) is 2.43. The van der Waals surface area contributed by atoms with Gasteiger partial charge in [-0.1, -0.05) is 24.3 Å². The van der Waals surface area contributed by atoms with E-state index in [4.69, 9.17) is 16.5 Å². The molecule has 1 saturated carbocycles. The molecule has 5 rings (SSSR count). The van der Waals surface area contributed by atoms with Crippen molar-refractivity contribution in [2.24, 2.45) is 23.5 Å². The third-order valence-electron chi connectivity index (χ3n) is 6.27. The Balaban J connectivity index is 1.50. The van der Waals surface area contributed by atoms with Gasteiger partial charge in [-0.15, -0.1) is 0 Å². The minimum absolute atomic E-state index is 0.229. The summed E-state index contributed by atoms with van der Waals surface area (Å²) in [6, 6.07) is 7.21. The summed E-state index contributed by atoms with van der Waals surface area (Å²) in [6.07, 6.45) is 4.32. The maximum atomic E-state index is 13.0. The Morgan fingerprint density at radius 2 is 1.73 bits per heavy atom. The van der Waals surface area contributed by atoms with E-state index in [9.17, 15) is 13.2 Å². The molecule has 1 aliphatic heterocycles. The molecule has 3 heterocycles. The number of benzene rings is 1. The quantitative estimate of drug-likeness (QED) is 0.557. The van der Waals surface area contributed by atoms with E-state index >= 15 is 0 Å². The van der Waals surface area contributed by atoms with Crippen LogP contribution in [-0.4, -0.2) is 31.0 Å². The van der Waals surface area contributed by atoms with E-state index in [1.807, 2.05) is 12.1 Å². The van der Waals surface area contributed by atoms with E-state index in [-0.39, 0.29) is 5.82 Å². The lowest BCUT2D eigenvalue weighted by atomic mass is 9.80. The number of aryl methyl sites for hydroxylation is 1. The van der Waals surface area contributed by atoms with Crippen LogP contribution in [-0.2, 0) is 18.6 Å². The largest absolute Gasteiger partial charge is 0.434 e. The summed E-state index contributed by atoms with van der Waals surface area (Å²) < 4.78 is 40.5. The van der Waals surface area contributed by atoms with Gasteiger partial charge in [-0.05, 0) is 18.4 Å². The fourth-order valence-electron chi connectivity index (χ4n) is 4.31. The van der Waals surface area contributed by atoms with Crippen LogP contribution in [0.3, 0.4) is 0 Å². The Morgan fingerprint density at radius 1 is 1.06 bits per heavy atom. The third-order valence-corrected chi connectivity index (χ3v) is 6.27. The smallest absolute Gasteiger partial charge is 0.398 e. The minimum Gasteiger partial charge on any atom is -0.398 e. The van der Waals surface area contributed by atoms with Crippen molar-refractivity contribution >= 4 is 5.84 Å². The number of halogens is 3. The number of alkyl halides is 3. The lowest BCUT2D eigenvalue weighted by Gasteiger charge is -2.38. The molecule has 0 saturated heterocycles. The van der Waals surface area contributed by atoms with Crippen molar-refractivity contribution < 1.29 is 13.2 Å². The van der Waals surface area contributed by atoms with E-state index in [0.717, 1.165) is 24.6 Å². The van der Waals surface area contributed by atoms with Gasteiger partial charge in [-0.25, -0.2) is 19.9 Å². The second-order valence-electron chi connectivity index (χ2n) is 8.32. The first-order chi connectivity index (χ1) is 15.6. The van der Waals surface area contributed by atoms with Gasteiger partial charge in [0.05, 0.1) is 11.3 Å². The number of hydrogen-bond acceptors (Lipinski definition) is 7. The number of hydrogen-bond donors (Lipinski definition) is 3. The van der Waals surface area contributed by atoms with Gasteiger partial charge in [0, 0.05) is 42.8 Å². The zero-order valence-corrected chi connectivity index (χ0v) is 17.6. The van der Waals surface area contributed by atoms with Crippen LogP contribution in [0.1, 0.15) is 29.7 Å². The molecule has 0 bridgehead atoms. The van der Waals surface area contributed by atoms with Crippen molar-refractivity contribution in [1.29, 1.82) is 0 Å². The number of nitrogens with two attached hydrogens (primary N) is 2. The molecule has 3 aromatic rings. The molecule has 0 spiro atoms. The topological polar surface area (TPSA) is 120 Å². The van der Waals surface area contributed by atoms with E-state index in [1.165, 1.54) is 17.9 Å². The van der Waals surface area contributed by atoms with Crippen molar-refractivity contribution in [2.75, 3.05) is 0 Å². The fraction of sp³-hybridized carbons (Fsp3) is 0.273. The second kappa shape index (κ2) is 7.14. The van der Waals surface area contributed by atoms with E-state index in [2.05, 4.69) is 20.3 Å². The Bertz CT molecular complexity index is 1260. The first-order valence-electron chi connectivity index (χ1n) is 10.2. The normalized spacial score (nSPS) is 21.7. The lowest BCUT2D eigenvalue weighted by Crippen LogP contribution is -2.57. The van der Waals surface area contributed by atoms with Crippen LogP contribution in [0.4, 0.5) is 13.2 Å². The summed E-state index contributed by atoms with van der Waals surface area (Å²) in [6.45, 7) is 0. The average Bonchev–Trinajstić information content (AvgIpc) is 3.52. The molecular weight excluding hydrogens is 433 g/mol. The number of aromatic nitrogens is 4. The van der Waals surface area contributed by atoms with Gasteiger partial charge >= 0.3 is 6.18 Å². The summed E-state index contributed by atoms with van der Waals surface area (Å²) in [5.74, 6) is 0.745. The molecule has 5 N–H and O–H groups in total. The summed E-state index contributed by atoms with van der Waals surface area (Å²) >= 11 is 0. The molecule has 0 amide bonds. The van der Waals surface area contributed by atoms with Gasteiger partial charge in [0.1, 0.15) is 18.0 Å². The van der Waals surface area contributed by atoms with Crippen LogP contribution in [0.2, 0.25) is 0 Å². The van der Waals surface area contributed by atoms with Crippen molar-refractivity contribution in [3.8, 4) is 11.4 Å². The summed E-state index contributed by atoms with van der Waals surface area (Å²) in [5, 5.41) is 3.04. The highest BCUT2D eigenvalue weighted by molar-refractivity contribution is 6.00. The van der Waals surface area contributed by atoms with Gasteiger partial charge in [0.15, 0.2) is 11.4 Å². The highest BCUT2D eigenvalue weighted by atomic mass is 19.4. The third kappa shape index (κ3) is 3.35. The number of rotatable bonds is 4. The molecule has 11 heteroatoms. The molecule has 170 valence electrons. The number of imidazole rings is 1. The van der Waals surface area contributed by atoms with Crippen molar-refractivity contribution in [2.45, 2.75) is 30.1 Å². The summed E-state index contributed by atoms with van der Waals surface area (Å²) in [4.78, 5) is 16.6. The summed E-state index contributed by atoms with van der Waals surface area (Å²) in [5.41, 5.74) is 13.0. The Kier molecular flexibility index (Phi) is 4.57. The van der Waals surface area contributed by atoms with E-state index in [0.29, 0.717) is 22.7 Å². The minimum atomic E-state index is -4.50. The number of nitrogens with zero attached hydrogens (tertiary/aromatic N) is 5. The van der Waals surface area contributed by atoms with E-state index < -0.39 is 22.9 Å². The van der Waals surface area contributed by atoms with Crippen molar-refractivity contribution in [3.05, 3.63) is 77.9 Å². The number of nitrogens with one attached hydrogen (secondary N) is 1. The fourth-order valence-corrected chi connectivity index (χ4v) is 4.31. The van der Waals surface area contributed by atoms with Crippen LogP contribution in [0.5, 0.6) is 0 Å². The molecule has 2 aliphatic rings. The van der Waals surface area contributed by atoms with Gasteiger partial charge < -0.3 is 21.4 Å². The van der Waals surface area contributed by atoms with Gasteiger partial charge in [0.25, 0.3) is 0 Å².